The molecule has 0 aromatic heterocycles. The zero-order chi connectivity index (χ0) is 31.2. The summed E-state index contributed by atoms with van der Waals surface area (Å²) in [6.45, 7) is 33.1. The number of fused-ring (bicyclic) bond motifs is 1. The van der Waals surface area contributed by atoms with E-state index < -0.39 is 41.6 Å². The Hall–Kier alpha value is -1.52. The fourth-order valence-electron chi connectivity index (χ4n) is 4.62. The minimum Gasteiger partial charge on any atom is -0.544 e. The Labute approximate surface area is 254 Å². The van der Waals surface area contributed by atoms with Crippen molar-refractivity contribution in [3.63, 3.8) is 0 Å². The van der Waals surface area contributed by atoms with Crippen LogP contribution in [0, 0.1) is 0 Å². The molecule has 2 atom stereocenters. The molecule has 2 aromatic carbocycles. The minimum atomic E-state index is -1.92. The van der Waals surface area contributed by atoms with E-state index >= 15 is 0 Å². The molecule has 0 N–H and O–H groups in total. The molecule has 0 bridgehead atoms. The van der Waals surface area contributed by atoms with E-state index in [4.69, 9.17) is 26.9 Å². The SMILES string of the molecule is C[Si](C)(C)Oc1cc2c(c(O[Si](C)(C)C)c1)CC(O[Si](C)(C)C)C(c1ccc(O[Si](C)(C)C)c(O[Si](C)(C)C)c1)O2. The summed E-state index contributed by atoms with van der Waals surface area (Å²) in [6.07, 6.45) is 0.237. The quantitative estimate of drug-likeness (QED) is 0.226. The average Bonchev–Trinajstić information content (AvgIpc) is 2.69. The van der Waals surface area contributed by atoms with Crippen LogP contribution in [-0.4, -0.2) is 47.7 Å². The number of ether oxygens (including phenoxy) is 1. The second kappa shape index (κ2) is 11.9. The third-order valence-corrected chi connectivity index (χ3v) is 9.97. The highest BCUT2D eigenvalue weighted by Gasteiger charge is 2.39. The normalized spacial score (nSPS) is 18.3. The highest BCUT2D eigenvalue weighted by atomic mass is 28.4. The molecule has 0 aliphatic carbocycles. The van der Waals surface area contributed by atoms with Gasteiger partial charge in [-0.15, -0.1) is 0 Å². The summed E-state index contributed by atoms with van der Waals surface area (Å²) in [7, 11) is -9.42. The van der Waals surface area contributed by atoms with Gasteiger partial charge in [-0.1, -0.05) is 6.07 Å². The molecule has 0 radical (unpaired) electrons. The number of hydrogen-bond donors (Lipinski definition) is 0. The summed E-state index contributed by atoms with van der Waals surface area (Å²) in [6, 6.07) is 10.4. The van der Waals surface area contributed by atoms with Crippen molar-refractivity contribution in [3.05, 3.63) is 41.5 Å². The third kappa shape index (κ3) is 10.9. The first-order valence-corrected chi connectivity index (χ1v) is 31.8. The van der Waals surface area contributed by atoms with Gasteiger partial charge >= 0.3 is 0 Å². The Bertz CT molecular complexity index is 1220. The van der Waals surface area contributed by atoms with Crippen LogP contribution in [-0.2, 0) is 10.8 Å². The lowest BCUT2D eigenvalue weighted by Gasteiger charge is -2.39. The molecule has 2 aromatic rings. The number of benzene rings is 2. The van der Waals surface area contributed by atoms with Gasteiger partial charge in [-0.25, -0.2) is 0 Å². The Morgan fingerprint density at radius 1 is 0.561 bits per heavy atom. The van der Waals surface area contributed by atoms with Gasteiger partial charge < -0.3 is 26.9 Å². The maximum Gasteiger partial charge on any atom is 0.242 e. The molecule has 0 fully saturated rings. The van der Waals surface area contributed by atoms with Gasteiger partial charge in [-0.2, -0.15) is 0 Å². The van der Waals surface area contributed by atoms with Crippen molar-refractivity contribution >= 4 is 41.6 Å². The first-order chi connectivity index (χ1) is 18.4. The van der Waals surface area contributed by atoms with Crippen molar-refractivity contribution in [1.82, 2.24) is 0 Å². The zero-order valence-electron chi connectivity index (χ0n) is 28.2. The lowest BCUT2D eigenvalue weighted by molar-refractivity contribution is 0.0320. The summed E-state index contributed by atoms with van der Waals surface area (Å²) < 4.78 is 39.9. The van der Waals surface area contributed by atoms with Gasteiger partial charge in [0.05, 0.1) is 6.10 Å². The van der Waals surface area contributed by atoms with Crippen molar-refractivity contribution in [1.29, 1.82) is 0 Å². The molecule has 0 saturated heterocycles. The Kier molecular flexibility index (Phi) is 9.84. The maximum absolute atomic E-state index is 6.90. The van der Waals surface area contributed by atoms with Crippen LogP contribution >= 0.6 is 0 Å². The van der Waals surface area contributed by atoms with E-state index in [2.05, 4.69) is 122 Å². The molecule has 41 heavy (non-hydrogen) atoms. The summed E-state index contributed by atoms with van der Waals surface area (Å²) in [5.74, 6) is 4.08. The molecule has 1 heterocycles. The van der Waals surface area contributed by atoms with Crippen LogP contribution in [0.5, 0.6) is 28.7 Å². The highest BCUT2D eigenvalue weighted by Crippen LogP contribution is 2.46. The monoisotopic (exact) mass is 650 g/mol. The third-order valence-electron chi connectivity index (χ3n) is 5.61. The van der Waals surface area contributed by atoms with Gasteiger partial charge in [0.2, 0.25) is 33.3 Å². The van der Waals surface area contributed by atoms with Crippen LogP contribution in [0.2, 0.25) is 98.2 Å². The van der Waals surface area contributed by atoms with Gasteiger partial charge in [0.1, 0.15) is 34.9 Å². The van der Waals surface area contributed by atoms with E-state index in [9.17, 15) is 0 Å². The fourth-order valence-corrected chi connectivity index (χ4v) is 9.05. The fraction of sp³-hybridized carbons (Fsp3) is 0.600. The predicted molar refractivity (Wildman–Crippen MR) is 184 cm³/mol. The molecule has 1 aliphatic rings. The maximum atomic E-state index is 6.90. The standard InChI is InChI=1S/C30H54O6Si5/c1-37(2,3)32-23-19-26-24(27(20-23)34-39(7,8)9)21-29(36-41(13,14)15)30(31-26)22-16-17-25(33-38(4,5)6)28(18-22)35-40(10,11)12/h16-20,29-30H,21H2,1-15H3. The molecule has 0 saturated carbocycles. The van der Waals surface area contributed by atoms with Crippen molar-refractivity contribution in [2.45, 2.75) is 117 Å². The van der Waals surface area contributed by atoms with E-state index in [1.807, 2.05) is 6.07 Å². The van der Waals surface area contributed by atoms with Gasteiger partial charge in [-0.05, 0) is 116 Å². The first kappa shape index (κ1) is 34.0. The lowest BCUT2D eigenvalue weighted by atomic mass is 9.94. The van der Waals surface area contributed by atoms with Crippen molar-refractivity contribution in [2.24, 2.45) is 0 Å². The highest BCUT2D eigenvalue weighted by molar-refractivity contribution is 6.72. The summed E-state index contributed by atoms with van der Waals surface area (Å²) in [5.41, 5.74) is 2.09. The van der Waals surface area contributed by atoms with Crippen molar-refractivity contribution in [2.75, 3.05) is 0 Å². The molecule has 230 valence electrons. The second-order valence-corrected chi connectivity index (χ2v) is 38.1. The van der Waals surface area contributed by atoms with Crippen molar-refractivity contribution in [3.8, 4) is 28.7 Å². The smallest absolute Gasteiger partial charge is 0.242 e. The molecule has 0 amide bonds. The van der Waals surface area contributed by atoms with Crippen LogP contribution in [0.1, 0.15) is 17.2 Å². The Morgan fingerprint density at radius 3 is 1.59 bits per heavy atom. The molecule has 0 spiro atoms. The van der Waals surface area contributed by atoms with Crippen LogP contribution in [0.15, 0.2) is 30.3 Å². The van der Waals surface area contributed by atoms with Crippen LogP contribution in [0.3, 0.4) is 0 Å². The van der Waals surface area contributed by atoms with E-state index in [-0.39, 0.29) is 12.2 Å². The van der Waals surface area contributed by atoms with Crippen LogP contribution in [0.25, 0.3) is 0 Å². The van der Waals surface area contributed by atoms with E-state index in [0.29, 0.717) is 6.42 Å². The average molecular weight is 651 g/mol. The van der Waals surface area contributed by atoms with Gasteiger partial charge in [0.25, 0.3) is 0 Å². The molecular formula is C30H54O6Si5. The largest absolute Gasteiger partial charge is 0.544 e. The van der Waals surface area contributed by atoms with Gasteiger partial charge in [0.15, 0.2) is 8.32 Å². The first-order valence-electron chi connectivity index (χ1n) is 14.8. The van der Waals surface area contributed by atoms with Crippen LogP contribution in [0.4, 0.5) is 0 Å². The number of hydrogen-bond acceptors (Lipinski definition) is 6. The molecule has 3 rings (SSSR count). The topological polar surface area (TPSA) is 55.4 Å². The van der Waals surface area contributed by atoms with Crippen molar-refractivity contribution < 1.29 is 26.9 Å². The van der Waals surface area contributed by atoms with E-state index in [1.54, 1.807) is 0 Å². The summed E-state index contributed by atoms with van der Waals surface area (Å²) in [4.78, 5) is 0. The van der Waals surface area contributed by atoms with Crippen LogP contribution < -0.4 is 22.4 Å². The van der Waals surface area contributed by atoms with Gasteiger partial charge in [-0.3, -0.25) is 0 Å². The van der Waals surface area contributed by atoms with E-state index in [1.165, 1.54) is 0 Å². The summed E-state index contributed by atoms with van der Waals surface area (Å²) in [5, 5.41) is 0. The minimum absolute atomic E-state index is 0.162. The molecule has 6 nitrogen and oxygen atoms in total. The second-order valence-electron chi connectivity index (χ2n) is 16.0. The molecule has 1 aliphatic heterocycles. The summed E-state index contributed by atoms with van der Waals surface area (Å²) >= 11 is 0. The Morgan fingerprint density at radius 2 is 1.07 bits per heavy atom. The molecular weight excluding hydrogens is 597 g/mol. The lowest BCUT2D eigenvalue weighted by Crippen LogP contribution is -2.41. The molecule has 11 heteroatoms. The van der Waals surface area contributed by atoms with Gasteiger partial charge in [0, 0.05) is 24.1 Å². The number of rotatable bonds is 11. The predicted octanol–water partition coefficient (Wildman–Crippen LogP) is 9.44. The molecule has 2 unspecified atom stereocenters. The Balaban J connectivity index is 2.16. The van der Waals surface area contributed by atoms with E-state index in [0.717, 1.165) is 39.9 Å². The zero-order valence-corrected chi connectivity index (χ0v) is 33.2.